The van der Waals surface area contributed by atoms with Crippen molar-refractivity contribution < 1.29 is 42.1 Å². The fourth-order valence-electron chi connectivity index (χ4n) is 10.6. The Labute approximate surface area is 556 Å². The quantitative estimate of drug-likeness (QED) is 0.0211. The summed E-state index contributed by atoms with van der Waals surface area (Å²) in [5.74, 6) is -0.830. The van der Waals surface area contributed by atoms with E-state index < -0.39 is 26.5 Å². The zero-order valence-electron chi connectivity index (χ0n) is 59.4. The topological polar surface area (TPSA) is 108 Å². The van der Waals surface area contributed by atoms with Gasteiger partial charge < -0.3 is 18.9 Å². The summed E-state index contributed by atoms with van der Waals surface area (Å²) in [5.41, 5.74) is 0. The summed E-state index contributed by atoms with van der Waals surface area (Å²) in [6.45, 7) is 4.29. The number of phosphoric ester groups is 1. The van der Waals surface area contributed by atoms with Gasteiger partial charge in [-0.25, -0.2) is 4.57 Å². The molecule has 0 fully saturated rings. The highest BCUT2D eigenvalue weighted by molar-refractivity contribution is 7.47. The number of hydrogen-bond acceptors (Lipinski definition) is 7. The predicted octanol–water partition coefficient (Wildman–Crippen LogP) is 24.8. The molecule has 0 saturated carbocycles. The monoisotopic (exact) mass is 1280 g/mol. The second-order valence-corrected chi connectivity index (χ2v) is 27.8. The standard InChI is InChI=1S/C80H142NO8P/c1-6-8-10-12-14-16-18-20-22-24-26-28-30-32-33-34-35-36-37-38-39-40-41-42-43-44-45-46-47-49-50-52-54-56-58-60-62-64-66-68-70-72-79(82)86-76-78(77-88-90(84,85)87-75-74-81(3,4)5)89-80(83)73-71-69-67-65-63-61-59-57-55-53-51-48-31-29-27-25-23-21-19-17-15-13-11-9-7-2/h9,11,15,17-18,20-21,23-24,26-27,29,48,51,55,57,61,63,78H,6-8,10,12-14,16,19,22,25,28,30-47,49-50,52-54,56,58-60,62,64-77H2,1-5H3/p+1/b11-9-,17-15-,20-18-,23-21-,26-24-,29-27-,51-48-,57-55-,63-61-. The molecule has 0 spiro atoms. The van der Waals surface area contributed by atoms with Gasteiger partial charge in [0.1, 0.15) is 19.8 Å². The first-order valence-corrected chi connectivity index (χ1v) is 39.1. The van der Waals surface area contributed by atoms with Gasteiger partial charge >= 0.3 is 19.8 Å². The first-order valence-electron chi connectivity index (χ1n) is 37.6. The van der Waals surface area contributed by atoms with Crippen molar-refractivity contribution in [3.63, 3.8) is 0 Å². The number of carbonyl (C=O) groups excluding carboxylic acids is 2. The summed E-state index contributed by atoms with van der Waals surface area (Å²) in [5, 5.41) is 0. The minimum atomic E-state index is -4.41. The number of nitrogens with zero attached hydrogens (tertiary/aromatic N) is 1. The Morgan fingerprint density at radius 3 is 0.956 bits per heavy atom. The lowest BCUT2D eigenvalue weighted by atomic mass is 10.0. The number of esters is 2. The van der Waals surface area contributed by atoms with Crippen LogP contribution in [0.2, 0.25) is 0 Å². The Morgan fingerprint density at radius 2 is 0.633 bits per heavy atom. The lowest BCUT2D eigenvalue weighted by Gasteiger charge is -2.24. The molecule has 10 heteroatoms. The predicted molar refractivity (Wildman–Crippen MR) is 390 cm³/mol. The summed E-state index contributed by atoms with van der Waals surface area (Å²) in [6.07, 6.45) is 99.5. The van der Waals surface area contributed by atoms with Gasteiger partial charge in [0.15, 0.2) is 6.10 Å². The van der Waals surface area contributed by atoms with Gasteiger partial charge in [0.25, 0.3) is 0 Å². The van der Waals surface area contributed by atoms with Gasteiger partial charge in [-0.2, -0.15) is 0 Å². The number of likely N-dealkylation sites (N-methyl/N-ethyl adjacent to an activating group) is 1. The van der Waals surface area contributed by atoms with Gasteiger partial charge in [-0.15, -0.1) is 0 Å². The van der Waals surface area contributed by atoms with Crippen LogP contribution in [0.3, 0.4) is 0 Å². The van der Waals surface area contributed by atoms with E-state index in [0.717, 1.165) is 89.9 Å². The molecular weight excluding hydrogens is 1130 g/mol. The van der Waals surface area contributed by atoms with E-state index in [1.165, 1.54) is 212 Å². The maximum atomic E-state index is 12.9. The number of allylic oxidation sites excluding steroid dienone is 18. The van der Waals surface area contributed by atoms with Crippen LogP contribution in [-0.2, 0) is 32.7 Å². The molecule has 0 bridgehead atoms. The van der Waals surface area contributed by atoms with Gasteiger partial charge in [0, 0.05) is 12.8 Å². The third-order valence-corrected chi connectivity index (χ3v) is 17.3. The largest absolute Gasteiger partial charge is 0.472 e. The Balaban J connectivity index is 3.96. The van der Waals surface area contributed by atoms with Gasteiger partial charge in [0.05, 0.1) is 27.7 Å². The lowest BCUT2D eigenvalue weighted by molar-refractivity contribution is -0.870. The highest BCUT2D eigenvalue weighted by Gasteiger charge is 2.27. The van der Waals surface area contributed by atoms with Crippen molar-refractivity contribution in [2.24, 2.45) is 0 Å². The molecule has 520 valence electrons. The average molecular weight is 1280 g/mol. The molecule has 0 aliphatic rings. The third-order valence-electron chi connectivity index (χ3n) is 16.3. The van der Waals surface area contributed by atoms with Crippen LogP contribution in [-0.4, -0.2) is 74.9 Å². The third kappa shape index (κ3) is 73.7. The molecule has 0 aromatic heterocycles. The van der Waals surface area contributed by atoms with Gasteiger partial charge in [-0.1, -0.05) is 329 Å². The molecule has 0 saturated heterocycles. The summed E-state index contributed by atoms with van der Waals surface area (Å²) in [4.78, 5) is 35.9. The lowest BCUT2D eigenvalue weighted by Crippen LogP contribution is -2.37. The van der Waals surface area contributed by atoms with Crippen molar-refractivity contribution in [2.45, 2.75) is 341 Å². The van der Waals surface area contributed by atoms with Crippen LogP contribution in [0.15, 0.2) is 109 Å². The molecule has 0 amide bonds. The van der Waals surface area contributed by atoms with E-state index in [-0.39, 0.29) is 32.0 Å². The summed E-state index contributed by atoms with van der Waals surface area (Å²) in [6, 6.07) is 0. The van der Waals surface area contributed by atoms with Crippen LogP contribution in [0, 0.1) is 0 Å². The summed E-state index contributed by atoms with van der Waals surface area (Å²) in [7, 11) is 1.45. The van der Waals surface area contributed by atoms with Crippen LogP contribution in [0.1, 0.15) is 335 Å². The van der Waals surface area contributed by atoms with E-state index in [9.17, 15) is 19.0 Å². The molecule has 0 aliphatic heterocycles. The SMILES string of the molecule is CC/C=C\C/C=C\C/C=C\C/C=C\C/C=C\C/C=C\C/C=C\CCCCCC(=O)OC(COC(=O)CCCCCCCCCCCCCCCCCCCCCCCCCCCCCCC/C=C\C/C=C\CCCCCCC)COP(=O)(O)OCC[N+](C)(C)C. The first kappa shape index (κ1) is 86.7. The van der Waals surface area contributed by atoms with Crippen molar-refractivity contribution in [3.05, 3.63) is 109 Å². The van der Waals surface area contributed by atoms with Gasteiger partial charge in [-0.3, -0.25) is 18.6 Å². The first-order chi connectivity index (χ1) is 44.0. The van der Waals surface area contributed by atoms with E-state index in [1.807, 2.05) is 21.1 Å². The normalized spacial score (nSPS) is 13.7. The molecule has 0 heterocycles. The fraction of sp³-hybridized carbons (Fsp3) is 0.750. The molecule has 9 nitrogen and oxygen atoms in total. The van der Waals surface area contributed by atoms with Gasteiger partial charge in [0.2, 0.25) is 0 Å². The van der Waals surface area contributed by atoms with E-state index >= 15 is 0 Å². The molecular formula is C80H143NO8P+. The molecule has 0 aromatic carbocycles. The van der Waals surface area contributed by atoms with Crippen LogP contribution in [0.5, 0.6) is 0 Å². The highest BCUT2D eigenvalue weighted by Crippen LogP contribution is 2.43. The van der Waals surface area contributed by atoms with Crippen molar-refractivity contribution in [2.75, 3.05) is 47.5 Å². The Kier molecular flexibility index (Phi) is 67.4. The zero-order chi connectivity index (χ0) is 65.5. The number of ether oxygens (including phenoxy) is 2. The minimum absolute atomic E-state index is 0.0210. The second-order valence-electron chi connectivity index (χ2n) is 26.3. The number of hydrogen-bond donors (Lipinski definition) is 1. The van der Waals surface area contributed by atoms with E-state index in [1.54, 1.807) is 0 Å². The van der Waals surface area contributed by atoms with E-state index in [4.69, 9.17) is 18.5 Å². The molecule has 2 unspecified atom stereocenters. The van der Waals surface area contributed by atoms with Gasteiger partial charge in [-0.05, 0) is 103 Å². The van der Waals surface area contributed by atoms with Crippen LogP contribution >= 0.6 is 7.82 Å². The number of rotatable bonds is 69. The molecule has 0 aliphatic carbocycles. The Morgan fingerprint density at radius 1 is 0.356 bits per heavy atom. The maximum absolute atomic E-state index is 12.9. The van der Waals surface area contributed by atoms with Crippen molar-refractivity contribution >= 4 is 19.8 Å². The zero-order valence-corrected chi connectivity index (χ0v) is 60.2. The van der Waals surface area contributed by atoms with Crippen molar-refractivity contribution in [3.8, 4) is 0 Å². The summed E-state index contributed by atoms with van der Waals surface area (Å²) >= 11 is 0. The highest BCUT2D eigenvalue weighted by atomic mass is 31.2. The minimum Gasteiger partial charge on any atom is -0.462 e. The number of unbranched alkanes of at least 4 members (excludes halogenated alkanes) is 37. The number of carbonyl (C=O) groups is 2. The fourth-order valence-corrected chi connectivity index (χ4v) is 11.3. The van der Waals surface area contributed by atoms with Crippen molar-refractivity contribution in [1.29, 1.82) is 0 Å². The molecule has 0 aromatic rings. The smallest absolute Gasteiger partial charge is 0.462 e. The molecule has 0 rings (SSSR count). The van der Waals surface area contributed by atoms with Crippen LogP contribution in [0.4, 0.5) is 0 Å². The molecule has 1 N–H and O–H groups in total. The van der Waals surface area contributed by atoms with Crippen molar-refractivity contribution in [1.82, 2.24) is 0 Å². The number of quaternary nitrogens is 1. The molecule has 0 radical (unpaired) electrons. The molecule has 90 heavy (non-hydrogen) atoms. The second kappa shape index (κ2) is 70.0. The number of phosphoric acid groups is 1. The van der Waals surface area contributed by atoms with E-state index in [0.29, 0.717) is 17.4 Å². The average Bonchev–Trinajstić information content (AvgIpc) is 3.58. The Hall–Kier alpha value is -3.33. The summed E-state index contributed by atoms with van der Waals surface area (Å²) < 4.78 is 34.7. The molecule has 2 atom stereocenters. The maximum Gasteiger partial charge on any atom is 0.472 e. The van der Waals surface area contributed by atoms with Crippen LogP contribution in [0.25, 0.3) is 0 Å². The van der Waals surface area contributed by atoms with Crippen LogP contribution < -0.4 is 0 Å². The van der Waals surface area contributed by atoms with E-state index in [2.05, 4.69) is 123 Å². The Bertz CT molecular complexity index is 1890.